The van der Waals surface area contributed by atoms with Crippen molar-refractivity contribution in [2.45, 2.75) is 37.8 Å². The second-order valence-electron chi connectivity index (χ2n) is 4.46. The minimum absolute atomic E-state index is 0.0764. The Morgan fingerprint density at radius 2 is 2.39 bits per heavy atom. The molecule has 6 heteroatoms. The van der Waals surface area contributed by atoms with Crippen molar-refractivity contribution in [2.75, 3.05) is 19.8 Å². The van der Waals surface area contributed by atoms with Gasteiger partial charge < -0.3 is 9.47 Å². The molecule has 0 radical (unpaired) electrons. The van der Waals surface area contributed by atoms with Gasteiger partial charge in [0.2, 0.25) is 0 Å². The van der Waals surface area contributed by atoms with Crippen LogP contribution in [0.15, 0.2) is 11.6 Å². The van der Waals surface area contributed by atoms with Crippen LogP contribution in [-0.4, -0.2) is 36.4 Å². The highest BCUT2D eigenvalue weighted by atomic mass is 32.1. The zero-order valence-corrected chi connectivity index (χ0v) is 11.5. The van der Waals surface area contributed by atoms with Crippen LogP contribution >= 0.6 is 11.3 Å². The molecule has 0 spiro atoms. The van der Waals surface area contributed by atoms with Crippen molar-refractivity contribution in [3.63, 3.8) is 0 Å². The third-order valence-electron chi connectivity index (χ3n) is 3.47. The number of hydrazine groups is 1. The van der Waals surface area contributed by atoms with Crippen LogP contribution in [0.25, 0.3) is 0 Å². The number of hydrogen-bond acceptors (Lipinski definition) is 6. The van der Waals surface area contributed by atoms with Gasteiger partial charge in [-0.2, -0.15) is 0 Å². The fraction of sp³-hybridized carbons (Fsp3) is 0.750. The van der Waals surface area contributed by atoms with Gasteiger partial charge in [0.1, 0.15) is 0 Å². The van der Waals surface area contributed by atoms with Gasteiger partial charge in [-0.1, -0.05) is 0 Å². The highest BCUT2D eigenvalue weighted by Crippen LogP contribution is 2.30. The highest BCUT2D eigenvalue weighted by Gasteiger charge is 2.41. The lowest BCUT2D eigenvalue weighted by Gasteiger charge is -2.42. The summed E-state index contributed by atoms with van der Waals surface area (Å²) in [6, 6.07) is 0.0764. The van der Waals surface area contributed by atoms with Crippen LogP contribution in [0.4, 0.5) is 0 Å². The summed E-state index contributed by atoms with van der Waals surface area (Å²) in [5.74, 6) is 5.74. The Kier molecular flexibility index (Phi) is 5.08. The number of nitrogens with two attached hydrogens (primary N) is 1. The molecule has 1 aromatic heterocycles. The fourth-order valence-corrected chi connectivity index (χ4v) is 3.19. The maximum absolute atomic E-state index is 6.03. The molecule has 1 aliphatic heterocycles. The van der Waals surface area contributed by atoms with Crippen LogP contribution in [0.3, 0.4) is 0 Å². The van der Waals surface area contributed by atoms with E-state index in [1.807, 2.05) is 18.5 Å². The molecule has 1 aliphatic rings. The molecule has 1 unspecified atom stereocenters. The molecule has 1 aromatic rings. The Balaban J connectivity index is 2.10. The van der Waals surface area contributed by atoms with E-state index >= 15 is 0 Å². The maximum atomic E-state index is 6.03. The topological polar surface area (TPSA) is 69.4 Å². The van der Waals surface area contributed by atoms with Gasteiger partial charge in [-0.3, -0.25) is 11.3 Å². The standard InChI is InChI=1S/C12H21N3O2S/c1-2-17-12(3-6-16-7-4-12)10(15-13)9-11-14-5-8-18-11/h5,8,10,15H,2-4,6-7,9,13H2,1H3. The monoisotopic (exact) mass is 271 g/mol. The van der Waals surface area contributed by atoms with Crippen molar-refractivity contribution in [2.24, 2.45) is 5.84 Å². The number of ether oxygens (including phenoxy) is 2. The van der Waals surface area contributed by atoms with Crippen molar-refractivity contribution in [1.29, 1.82) is 0 Å². The zero-order valence-electron chi connectivity index (χ0n) is 10.7. The first-order valence-corrected chi connectivity index (χ1v) is 7.25. The molecule has 0 bridgehead atoms. The first-order valence-electron chi connectivity index (χ1n) is 6.37. The maximum Gasteiger partial charge on any atom is 0.0942 e. The number of rotatable bonds is 6. The minimum atomic E-state index is -0.229. The normalized spacial score (nSPS) is 20.8. The highest BCUT2D eigenvalue weighted by molar-refractivity contribution is 7.09. The molecule has 102 valence electrons. The molecule has 0 saturated carbocycles. The molecule has 1 saturated heterocycles. The Labute approximate surface area is 112 Å². The second-order valence-corrected chi connectivity index (χ2v) is 5.44. The van der Waals surface area contributed by atoms with Gasteiger partial charge >= 0.3 is 0 Å². The summed E-state index contributed by atoms with van der Waals surface area (Å²) in [7, 11) is 0. The molecule has 1 fully saturated rings. The third-order valence-corrected chi connectivity index (χ3v) is 4.27. The average Bonchev–Trinajstić information content (AvgIpc) is 2.90. The summed E-state index contributed by atoms with van der Waals surface area (Å²) in [5.41, 5.74) is 2.69. The molecule has 2 heterocycles. The summed E-state index contributed by atoms with van der Waals surface area (Å²) < 4.78 is 11.5. The van der Waals surface area contributed by atoms with Crippen LogP contribution in [0.5, 0.6) is 0 Å². The van der Waals surface area contributed by atoms with E-state index in [1.165, 1.54) is 0 Å². The number of thiazole rings is 1. The minimum Gasteiger partial charge on any atom is -0.381 e. The zero-order chi connectivity index (χ0) is 12.8. The lowest BCUT2D eigenvalue weighted by molar-refractivity contribution is -0.126. The summed E-state index contributed by atoms with van der Waals surface area (Å²) in [6.07, 6.45) is 4.38. The SMILES string of the molecule is CCOC1(C(Cc2nccs2)NN)CCOCC1. The quantitative estimate of drug-likeness (QED) is 0.599. The Hall–Kier alpha value is -0.530. The predicted octanol–water partition coefficient (Wildman–Crippen LogP) is 1.10. The van der Waals surface area contributed by atoms with Crippen LogP contribution in [-0.2, 0) is 15.9 Å². The molecule has 0 aliphatic carbocycles. The summed E-state index contributed by atoms with van der Waals surface area (Å²) >= 11 is 1.65. The lowest BCUT2D eigenvalue weighted by Crippen LogP contribution is -2.58. The summed E-state index contributed by atoms with van der Waals surface area (Å²) in [6.45, 7) is 4.18. The van der Waals surface area contributed by atoms with Crippen molar-refractivity contribution >= 4 is 11.3 Å². The van der Waals surface area contributed by atoms with E-state index in [9.17, 15) is 0 Å². The number of hydrogen-bond donors (Lipinski definition) is 2. The van der Waals surface area contributed by atoms with E-state index in [-0.39, 0.29) is 11.6 Å². The van der Waals surface area contributed by atoms with Gasteiger partial charge in [0, 0.05) is 50.7 Å². The van der Waals surface area contributed by atoms with Gasteiger partial charge in [0.25, 0.3) is 0 Å². The van der Waals surface area contributed by atoms with Gasteiger partial charge in [-0.15, -0.1) is 11.3 Å². The fourth-order valence-electron chi connectivity index (χ4n) is 2.52. The Morgan fingerprint density at radius 3 is 2.94 bits per heavy atom. The molecular formula is C12H21N3O2S. The average molecular weight is 271 g/mol. The largest absolute Gasteiger partial charge is 0.381 e. The van der Waals surface area contributed by atoms with E-state index in [4.69, 9.17) is 15.3 Å². The molecule has 0 aromatic carbocycles. The molecular weight excluding hydrogens is 250 g/mol. The van der Waals surface area contributed by atoms with Gasteiger partial charge in [0.05, 0.1) is 16.7 Å². The van der Waals surface area contributed by atoms with Crippen molar-refractivity contribution in [3.05, 3.63) is 16.6 Å². The van der Waals surface area contributed by atoms with Gasteiger partial charge in [-0.25, -0.2) is 4.98 Å². The molecule has 0 amide bonds. The van der Waals surface area contributed by atoms with Crippen LogP contribution < -0.4 is 11.3 Å². The van der Waals surface area contributed by atoms with Crippen molar-refractivity contribution in [1.82, 2.24) is 10.4 Å². The van der Waals surface area contributed by atoms with E-state index < -0.39 is 0 Å². The smallest absolute Gasteiger partial charge is 0.0942 e. The second kappa shape index (κ2) is 6.58. The van der Waals surface area contributed by atoms with Crippen molar-refractivity contribution in [3.8, 4) is 0 Å². The lowest BCUT2D eigenvalue weighted by atomic mass is 9.84. The third kappa shape index (κ3) is 3.07. The Bertz CT molecular complexity index is 334. The van der Waals surface area contributed by atoms with Crippen LogP contribution in [0, 0.1) is 0 Å². The molecule has 3 N–H and O–H groups in total. The Morgan fingerprint density at radius 1 is 1.61 bits per heavy atom. The van der Waals surface area contributed by atoms with E-state index in [0.717, 1.165) is 37.5 Å². The predicted molar refractivity (Wildman–Crippen MR) is 71.3 cm³/mol. The number of aromatic nitrogens is 1. The van der Waals surface area contributed by atoms with Crippen LogP contribution in [0.1, 0.15) is 24.8 Å². The summed E-state index contributed by atoms with van der Waals surface area (Å²) in [4.78, 5) is 4.33. The first-order chi connectivity index (χ1) is 8.80. The van der Waals surface area contributed by atoms with E-state index in [2.05, 4.69) is 10.4 Å². The first kappa shape index (κ1) is 13.9. The molecule has 1 atom stereocenters. The number of nitrogens with one attached hydrogen (secondary N) is 1. The molecule has 5 nitrogen and oxygen atoms in total. The molecule has 2 rings (SSSR count). The molecule has 18 heavy (non-hydrogen) atoms. The summed E-state index contributed by atoms with van der Waals surface area (Å²) in [5, 5.41) is 3.07. The van der Waals surface area contributed by atoms with E-state index in [1.54, 1.807) is 11.3 Å². The van der Waals surface area contributed by atoms with Crippen LogP contribution in [0.2, 0.25) is 0 Å². The van der Waals surface area contributed by atoms with Gasteiger partial charge in [0.15, 0.2) is 0 Å². The number of nitrogens with zero attached hydrogens (tertiary/aromatic N) is 1. The van der Waals surface area contributed by atoms with Gasteiger partial charge in [-0.05, 0) is 6.92 Å². The van der Waals surface area contributed by atoms with E-state index in [0.29, 0.717) is 6.61 Å². The van der Waals surface area contributed by atoms with Crippen molar-refractivity contribution < 1.29 is 9.47 Å².